The first-order chi connectivity index (χ1) is 8.76. The van der Waals surface area contributed by atoms with Gasteiger partial charge < -0.3 is 9.72 Å². The summed E-state index contributed by atoms with van der Waals surface area (Å²) >= 11 is 0. The van der Waals surface area contributed by atoms with Crippen molar-refractivity contribution in [2.24, 2.45) is 7.05 Å². The summed E-state index contributed by atoms with van der Waals surface area (Å²) in [4.78, 5) is 7.87. The maximum absolute atomic E-state index is 5.20. The van der Waals surface area contributed by atoms with Gasteiger partial charge in [0.25, 0.3) is 0 Å². The minimum absolute atomic E-state index is 0.831. The van der Waals surface area contributed by atoms with Crippen LogP contribution in [0.4, 0.5) is 0 Å². The Morgan fingerprint density at radius 1 is 1.17 bits per heavy atom. The number of H-pyrrole nitrogens is 1. The number of rotatable bonds is 2. The van der Waals surface area contributed by atoms with Gasteiger partial charge in [0.1, 0.15) is 18.6 Å². The van der Waals surface area contributed by atoms with E-state index in [1.807, 2.05) is 54.3 Å². The molecule has 2 heterocycles. The maximum atomic E-state index is 5.20. The summed E-state index contributed by atoms with van der Waals surface area (Å²) in [6.45, 7) is 0. The Labute approximate surface area is 105 Å². The van der Waals surface area contributed by atoms with Gasteiger partial charge in [-0.2, -0.15) is 0 Å². The molecule has 0 amide bonds. The number of methoxy groups -OCH3 is 1. The van der Waals surface area contributed by atoms with E-state index < -0.39 is 0 Å². The normalized spacial score (nSPS) is 10.8. The molecule has 4 heteroatoms. The van der Waals surface area contributed by atoms with E-state index in [4.69, 9.17) is 4.74 Å². The summed E-state index contributed by atoms with van der Waals surface area (Å²) in [5, 5.41) is 0. The summed E-state index contributed by atoms with van der Waals surface area (Å²) in [5.74, 6) is 1.70. The molecule has 3 rings (SSSR count). The van der Waals surface area contributed by atoms with Crippen molar-refractivity contribution in [3.63, 3.8) is 0 Å². The molecule has 18 heavy (non-hydrogen) atoms. The van der Waals surface area contributed by atoms with Crippen LogP contribution in [0.5, 0.6) is 5.75 Å². The number of aromatic amines is 1. The Morgan fingerprint density at radius 3 is 2.67 bits per heavy atom. The standard InChI is InChI=1S/C14H13N3O/c1-17-7-5-10(6-8-17)14-15-12-4-3-11(18-2)9-13(12)16-14/h3-9H,1-2H3/p+1. The zero-order valence-corrected chi connectivity index (χ0v) is 10.3. The molecule has 3 aromatic rings. The zero-order chi connectivity index (χ0) is 12.5. The molecule has 0 aliphatic carbocycles. The van der Waals surface area contributed by atoms with Crippen molar-refractivity contribution in [3.8, 4) is 17.1 Å². The molecule has 0 aliphatic rings. The highest BCUT2D eigenvalue weighted by Gasteiger charge is 2.07. The third-order valence-electron chi connectivity index (χ3n) is 2.94. The molecule has 0 radical (unpaired) electrons. The smallest absolute Gasteiger partial charge is 0.169 e. The second kappa shape index (κ2) is 4.14. The highest BCUT2D eigenvalue weighted by molar-refractivity contribution is 5.80. The first-order valence-electron chi connectivity index (χ1n) is 5.76. The molecule has 2 aromatic heterocycles. The zero-order valence-electron chi connectivity index (χ0n) is 10.3. The van der Waals surface area contributed by atoms with Crippen molar-refractivity contribution in [1.82, 2.24) is 9.97 Å². The number of aromatic nitrogens is 3. The number of aryl methyl sites for hydroxylation is 1. The Bertz CT molecular complexity index is 686. The summed E-state index contributed by atoms with van der Waals surface area (Å²) in [6, 6.07) is 9.90. The Hall–Kier alpha value is -2.36. The maximum Gasteiger partial charge on any atom is 0.169 e. The molecule has 0 fully saturated rings. The minimum Gasteiger partial charge on any atom is -0.497 e. The van der Waals surface area contributed by atoms with Gasteiger partial charge in [-0.3, -0.25) is 0 Å². The predicted octanol–water partition coefficient (Wildman–Crippen LogP) is 2.06. The summed E-state index contributed by atoms with van der Waals surface area (Å²) in [6.07, 6.45) is 4.01. The van der Waals surface area contributed by atoms with E-state index in [2.05, 4.69) is 9.97 Å². The van der Waals surface area contributed by atoms with Crippen molar-refractivity contribution in [3.05, 3.63) is 42.7 Å². The SMILES string of the molecule is COc1ccc2nc(-c3cc[n+](C)cc3)[nH]c2c1. The highest BCUT2D eigenvalue weighted by Crippen LogP contribution is 2.22. The molecule has 0 aliphatic heterocycles. The average molecular weight is 240 g/mol. The fraction of sp³-hybridized carbons (Fsp3) is 0.143. The molecular weight excluding hydrogens is 226 g/mol. The van der Waals surface area contributed by atoms with Gasteiger partial charge in [0, 0.05) is 23.8 Å². The van der Waals surface area contributed by atoms with Crippen LogP contribution in [0.3, 0.4) is 0 Å². The topological polar surface area (TPSA) is 41.8 Å². The van der Waals surface area contributed by atoms with Crippen molar-refractivity contribution in [2.75, 3.05) is 7.11 Å². The number of imidazole rings is 1. The molecule has 4 nitrogen and oxygen atoms in total. The molecule has 0 atom stereocenters. The van der Waals surface area contributed by atoms with Gasteiger partial charge in [-0.15, -0.1) is 0 Å². The number of hydrogen-bond donors (Lipinski definition) is 1. The van der Waals surface area contributed by atoms with Crippen molar-refractivity contribution in [2.45, 2.75) is 0 Å². The second-order valence-corrected chi connectivity index (χ2v) is 4.22. The number of pyridine rings is 1. The van der Waals surface area contributed by atoms with E-state index >= 15 is 0 Å². The molecule has 1 N–H and O–H groups in total. The molecule has 0 spiro atoms. The van der Waals surface area contributed by atoms with Crippen LogP contribution in [0.2, 0.25) is 0 Å². The van der Waals surface area contributed by atoms with Crippen LogP contribution < -0.4 is 9.30 Å². The summed E-state index contributed by atoms with van der Waals surface area (Å²) in [5.41, 5.74) is 3.00. The Kier molecular flexibility index (Phi) is 2.48. The molecule has 0 bridgehead atoms. The lowest BCUT2D eigenvalue weighted by molar-refractivity contribution is -0.671. The van der Waals surface area contributed by atoms with Gasteiger partial charge in [0.05, 0.1) is 18.1 Å². The van der Waals surface area contributed by atoms with Crippen LogP contribution in [-0.4, -0.2) is 17.1 Å². The van der Waals surface area contributed by atoms with Gasteiger partial charge in [0.2, 0.25) is 0 Å². The van der Waals surface area contributed by atoms with Gasteiger partial charge in [0.15, 0.2) is 12.4 Å². The molecule has 0 saturated heterocycles. The molecular formula is C14H14N3O+. The number of ether oxygens (including phenoxy) is 1. The number of nitrogens with one attached hydrogen (secondary N) is 1. The number of hydrogen-bond acceptors (Lipinski definition) is 2. The van der Waals surface area contributed by atoms with Gasteiger partial charge >= 0.3 is 0 Å². The summed E-state index contributed by atoms with van der Waals surface area (Å²) < 4.78 is 7.20. The monoisotopic (exact) mass is 240 g/mol. The molecule has 1 aromatic carbocycles. The van der Waals surface area contributed by atoms with E-state index in [9.17, 15) is 0 Å². The highest BCUT2D eigenvalue weighted by atomic mass is 16.5. The second-order valence-electron chi connectivity index (χ2n) is 4.22. The van der Waals surface area contributed by atoms with Crippen molar-refractivity contribution < 1.29 is 9.30 Å². The average Bonchev–Trinajstić information content (AvgIpc) is 2.82. The molecule has 0 saturated carbocycles. The summed E-state index contributed by atoms with van der Waals surface area (Å²) in [7, 11) is 3.66. The van der Waals surface area contributed by atoms with Crippen molar-refractivity contribution in [1.29, 1.82) is 0 Å². The fourth-order valence-corrected chi connectivity index (χ4v) is 1.91. The van der Waals surface area contributed by atoms with Gasteiger partial charge in [-0.1, -0.05) is 0 Å². The lowest BCUT2D eigenvalue weighted by atomic mass is 10.2. The van der Waals surface area contributed by atoms with Crippen LogP contribution in [0.25, 0.3) is 22.4 Å². The van der Waals surface area contributed by atoms with E-state index in [1.54, 1.807) is 7.11 Å². The third kappa shape index (κ3) is 1.82. The van der Waals surface area contributed by atoms with Crippen LogP contribution >= 0.6 is 0 Å². The molecule has 0 unspecified atom stereocenters. The lowest BCUT2D eigenvalue weighted by Gasteiger charge is -1.96. The third-order valence-corrected chi connectivity index (χ3v) is 2.94. The van der Waals surface area contributed by atoms with Crippen LogP contribution in [0.1, 0.15) is 0 Å². The van der Waals surface area contributed by atoms with Crippen LogP contribution in [0.15, 0.2) is 42.7 Å². The van der Waals surface area contributed by atoms with Crippen LogP contribution in [-0.2, 0) is 7.05 Å². The quantitative estimate of drug-likeness (QED) is 0.697. The minimum atomic E-state index is 0.831. The van der Waals surface area contributed by atoms with E-state index in [1.165, 1.54) is 0 Å². The van der Waals surface area contributed by atoms with Gasteiger partial charge in [-0.05, 0) is 12.1 Å². The number of benzene rings is 1. The predicted molar refractivity (Wildman–Crippen MR) is 69.3 cm³/mol. The fourth-order valence-electron chi connectivity index (χ4n) is 1.91. The van der Waals surface area contributed by atoms with E-state index in [0.29, 0.717) is 0 Å². The Balaban J connectivity index is 2.10. The van der Waals surface area contributed by atoms with Crippen molar-refractivity contribution >= 4 is 11.0 Å². The van der Waals surface area contributed by atoms with E-state index in [0.717, 1.165) is 28.2 Å². The lowest BCUT2D eigenvalue weighted by Crippen LogP contribution is -2.25. The first-order valence-corrected chi connectivity index (χ1v) is 5.76. The number of fused-ring (bicyclic) bond motifs is 1. The Morgan fingerprint density at radius 2 is 1.94 bits per heavy atom. The largest absolute Gasteiger partial charge is 0.497 e. The van der Waals surface area contributed by atoms with Gasteiger partial charge in [-0.25, -0.2) is 9.55 Å². The van der Waals surface area contributed by atoms with Crippen LogP contribution in [0, 0.1) is 0 Å². The first kappa shape index (κ1) is 10.8. The number of nitrogens with zero attached hydrogens (tertiary/aromatic N) is 2. The van der Waals surface area contributed by atoms with E-state index in [-0.39, 0.29) is 0 Å². The molecule has 90 valence electrons.